The summed E-state index contributed by atoms with van der Waals surface area (Å²) in [5.74, 6) is 0.131. The van der Waals surface area contributed by atoms with E-state index in [0.717, 1.165) is 15.6 Å². The van der Waals surface area contributed by atoms with Gasteiger partial charge in [0.15, 0.2) is 6.61 Å². The van der Waals surface area contributed by atoms with Crippen LogP contribution in [0.3, 0.4) is 0 Å². The Kier molecular flexibility index (Phi) is 5.33. The molecular weight excluding hydrogens is 337 g/mol. The Bertz CT molecular complexity index is 629. The SMILES string of the molecule is Cc1cc(OCC(=O)NCc2ccc(F)cc2)ccc1Br. The molecule has 0 bridgehead atoms. The van der Waals surface area contributed by atoms with E-state index in [9.17, 15) is 9.18 Å². The van der Waals surface area contributed by atoms with Crippen LogP contribution in [0.5, 0.6) is 5.75 Å². The molecule has 0 unspecified atom stereocenters. The molecule has 2 aromatic rings. The first-order valence-corrected chi connectivity index (χ1v) is 7.24. The molecule has 5 heteroatoms. The van der Waals surface area contributed by atoms with Crippen molar-refractivity contribution >= 4 is 21.8 Å². The molecule has 0 fully saturated rings. The van der Waals surface area contributed by atoms with Crippen molar-refractivity contribution in [1.82, 2.24) is 5.32 Å². The third-order valence-corrected chi connectivity index (χ3v) is 3.79. The molecule has 0 heterocycles. The number of benzene rings is 2. The van der Waals surface area contributed by atoms with E-state index in [2.05, 4.69) is 21.2 Å². The monoisotopic (exact) mass is 351 g/mol. The summed E-state index contributed by atoms with van der Waals surface area (Å²) in [4.78, 5) is 11.7. The lowest BCUT2D eigenvalue weighted by molar-refractivity contribution is -0.123. The van der Waals surface area contributed by atoms with Crippen LogP contribution < -0.4 is 10.1 Å². The van der Waals surface area contributed by atoms with Crippen molar-refractivity contribution in [3.8, 4) is 5.75 Å². The van der Waals surface area contributed by atoms with E-state index in [1.54, 1.807) is 18.2 Å². The van der Waals surface area contributed by atoms with Crippen LogP contribution in [0.2, 0.25) is 0 Å². The van der Waals surface area contributed by atoms with Gasteiger partial charge in [0.05, 0.1) is 0 Å². The summed E-state index contributed by atoms with van der Waals surface area (Å²) in [6.45, 7) is 2.25. The Morgan fingerprint density at radius 1 is 1.24 bits per heavy atom. The molecule has 0 aliphatic rings. The van der Waals surface area contributed by atoms with Gasteiger partial charge in [0.2, 0.25) is 0 Å². The zero-order valence-corrected chi connectivity index (χ0v) is 13.1. The van der Waals surface area contributed by atoms with E-state index >= 15 is 0 Å². The topological polar surface area (TPSA) is 38.3 Å². The predicted molar refractivity (Wildman–Crippen MR) is 82.6 cm³/mol. The molecule has 0 radical (unpaired) electrons. The predicted octanol–water partition coefficient (Wildman–Crippen LogP) is 3.59. The minimum absolute atomic E-state index is 0.0533. The number of carbonyl (C=O) groups excluding carboxylic acids is 1. The lowest BCUT2D eigenvalue weighted by Gasteiger charge is -2.09. The van der Waals surface area contributed by atoms with Gasteiger partial charge < -0.3 is 10.1 Å². The standard InChI is InChI=1S/C16H15BrFNO2/c1-11-8-14(6-7-15(11)17)21-10-16(20)19-9-12-2-4-13(18)5-3-12/h2-8H,9-10H2,1H3,(H,19,20). The zero-order valence-electron chi connectivity index (χ0n) is 11.5. The molecule has 0 aliphatic carbocycles. The molecule has 3 nitrogen and oxygen atoms in total. The van der Waals surface area contributed by atoms with E-state index in [1.165, 1.54) is 12.1 Å². The van der Waals surface area contributed by atoms with Crippen molar-refractivity contribution in [3.05, 3.63) is 63.9 Å². The Hall–Kier alpha value is -1.88. The molecule has 110 valence electrons. The summed E-state index contributed by atoms with van der Waals surface area (Å²) < 4.78 is 19.2. The molecule has 1 N–H and O–H groups in total. The average Bonchev–Trinajstić information content (AvgIpc) is 2.48. The molecule has 0 saturated heterocycles. The minimum Gasteiger partial charge on any atom is -0.484 e. The molecule has 0 spiro atoms. The Morgan fingerprint density at radius 3 is 2.62 bits per heavy atom. The summed E-state index contributed by atoms with van der Waals surface area (Å²) in [6, 6.07) is 11.5. The number of halogens is 2. The van der Waals surface area contributed by atoms with Crippen LogP contribution in [-0.2, 0) is 11.3 Å². The smallest absolute Gasteiger partial charge is 0.258 e. The van der Waals surface area contributed by atoms with Crippen LogP contribution in [0, 0.1) is 12.7 Å². The summed E-state index contributed by atoms with van der Waals surface area (Å²) in [5, 5.41) is 2.72. The van der Waals surface area contributed by atoms with Gasteiger partial charge in [-0.15, -0.1) is 0 Å². The van der Waals surface area contributed by atoms with Gasteiger partial charge in [-0.2, -0.15) is 0 Å². The number of ether oxygens (including phenoxy) is 1. The molecule has 21 heavy (non-hydrogen) atoms. The highest BCUT2D eigenvalue weighted by Crippen LogP contribution is 2.21. The van der Waals surface area contributed by atoms with Gasteiger partial charge in [-0.05, 0) is 48.4 Å². The fraction of sp³-hybridized carbons (Fsp3) is 0.188. The normalized spacial score (nSPS) is 10.2. The van der Waals surface area contributed by atoms with Crippen molar-refractivity contribution in [2.24, 2.45) is 0 Å². The van der Waals surface area contributed by atoms with Crippen LogP contribution in [0.1, 0.15) is 11.1 Å². The van der Waals surface area contributed by atoms with Crippen molar-refractivity contribution in [1.29, 1.82) is 0 Å². The van der Waals surface area contributed by atoms with E-state index in [1.807, 2.05) is 19.1 Å². The van der Waals surface area contributed by atoms with Gasteiger partial charge in [0, 0.05) is 11.0 Å². The van der Waals surface area contributed by atoms with E-state index in [-0.39, 0.29) is 18.3 Å². The first-order chi connectivity index (χ1) is 10.0. The average molecular weight is 352 g/mol. The first kappa shape index (κ1) is 15.5. The van der Waals surface area contributed by atoms with Gasteiger partial charge in [-0.3, -0.25) is 4.79 Å². The Morgan fingerprint density at radius 2 is 1.95 bits per heavy atom. The van der Waals surface area contributed by atoms with Crippen molar-refractivity contribution < 1.29 is 13.9 Å². The highest BCUT2D eigenvalue weighted by atomic mass is 79.9. The van der Waals surface area contributed by atoms with Gasteiger partial charge in [0.1, 0.15) is 11.6 Å². The van der Waals surface area contributed by atoms with Crippen LogP contribution >= 0.6 is 15.9 Å². The number of aryl methyl sites for hydroxylation is 1. The quantitative estimate of drug-likeness (QED) is 0.893. The van der Waals surface area contributed by atoms with Crippen LogP contribution in [0.15, 0.2) is 46.9 Å². The van der Waals surface area contributed by atoms with Gasteiger partial charge in [0.25, 0.3) is 5.91 Å². The van der Waals surface area contributed by atoms with Gasteiger partial charge >= 0.3 is 0 Å². The molecule has 0 aromatic heterocycles. The highest BCUT2D eigenvalue weighted by molar-refractivity contribution is 9.10. The lowest BCUT2D eigenvalue weighted by atomic mass is 10.2. The second-order valence-electron chi connectivity index (χ2n) is 4.60. The van der Waals surface area contributed by atoms with Crippen molar-refractivity contribution in [3.63, 3.8) is 0 Å². The molecule has 1 amide bonds. The number of hydrogen-bond acceptors (Lipinski definition) is 2. The molecule has 2 rings (SSSR count). The summed E-state index contributed by atoms with van der Waals surface area (Å²) in [7, 11) is 0. The molecule has 0 saturated carbocycles. The lowest BCUT2D eigenvalue weighted by Crippen LogP contribution is -2.28. The summed E-state index contributed by atoms with van der Waals surface area (Å²) in [6.07, 6.45) is 0. The maximum absolute atomic E-state index is 12.7. The van der Waals surface area contributed by atoms with E-state index < -0.39 is 0 Å². The maximum atomic E-state index is 12.7. The molecular formula is C16H15BrFNO2. The second kappa shape index (κ2) is 7.22. The molecule has 0 aliphatic heterocycles. The third kappa shape index (κ3) is 4.86. The fourth-order valence-corrected chi connectivity index (χ4v) is 1.96. The fourth-order valence-electron chi connectivity index (χ4n) is 1.71. The van der Waals surface area contributed by atoms with Crippen LogP contribution in [0.25, 0.3) is 0 Å². The number of rotatable bonds is 5. The van der Waals surface area contributed by atoms with Crippen LogP contribution in [-0.4, -0.2) is 12.5 Å². The number of hydrogen-bond donors (Lipinski definition) is 1. The summed E-state index contributed by atoms with van der Waals surface area (Å²) in [5.41, 5.74) is 1.88. The van der Waals surface area contributed by atoms with E-state index in [0.29, 0.717) is 12.3 Å². The van der Waals surface area contributed by atoms with Gasteiger partial charge in [-0.1, -0.05) is 28.1 Å². The number of carbonyl (C=O) groups is 1. The van der Waals surface area contributed by atoms with Crippen molar-refractivity contribution in [2.75, 3.05) is 6.61 Å². The largest absolute Gasteiger partial charge is 0.484 e. The highest BCUT2D eigenvalue weighted by Gasteiger charge is 2.04. The zero-order chi connectivity index (χ0) is 15.2. The number of amides is 1. The molecule has 2 aromatic carbocycles. The summed E-state index contributed by atoms with van der Waals surface area (Å²) >= 11 is 3.40. The minimum atomic E-state index is -0.293. The Labute approximate surface area is 131 Å². The number of nitrogens with one attached hydrogen (secondary N) is 1. The van der Waals surface area contributed by atoms with Crippen molar-refractivity contribution in [2.45, 2.75) is 13.5 Å². The third-order valence-electron chi connectivity index (χ3n) is 2.90. The molecule has 0 atom stereocenters. The maximum Gasteiger partial charge on any atom is 0.258 e. The Balaban J connectivity index is 1.79. The van der Waals surface area contributed by atoms with Gasteiger partial charge in [-0.25, -0.2) is 4.39 Å². The van der Waals surface area contributed by atoms with E-state index in [4.69, 9.17) is 4.74 Å². The second-order valence-corrected chi connectivity index (χ2v) is 5.46. The van der Waals surface area contributed by atoms with Crippen LogP contribution in [0.4, 0.5) is 4.39 Å². The first-order valence-electron chi connectivity index (χ1n) is 6.44.